The number of hydrogen-bond acceptors (Lipinski definition) is 3. The smallest absolute Gasteiger partial charge is 0.263 e. The highest BCUT2D eigenvalue weighted by Crippen LogP contribution is 2.21. The molecule has 2 rings (SSSR count). The van der Waals surface area contributed by atoms with Gasteiger partial charge in [0.25, 0.3) is 0 Å². The van der Waals surface area contributed by atoms with Gasteiger partial charge >= 0.3 is 17.8 Å². The van der Waals surface area contributed by atoms with Crippen molar-refractivity contribution in [2.45, 2.75) is 20.4 Å². The molecule has 0 radical (unpaired) electrons. The first-order valence-electron chi connectivity index (χ1n) is 6.42. The van der Waals surface area contributed by atoms with Crippen molar-refractivity contribution in [3.8, 4) is 0 Å². The molecule has 1 aromatic carbocycles. The van der Waals surface area contributed by atoms with E-state index in [4.69, 9.17) is 0 Å². The van der Waals surface area contributed by atoms with E-state index in [2.05, 4.69) is 15.9 Å². The van der Waals surface area contributed by atoms with E-state index in [9.17, 15) is 18.8 Å². The van der Waals surface area contributed by atoms with Crippen LogP contribution in [0.4, 0.5) is 9.18 Å². The van der Waals surface area contributed by atoms with Crippen LogP contribution in [-0.2, 0) is 16.1 Å². The van der Waals surface area contributed by atoms with Crippen molar-refractivity contribution in [3.63, 3.8) is 0 Å². The number of hydrogen-bond donors (Lipinski definition) is 0. The second-order valence-corrected chi connectivity index (χ2v) is 6.13. The highest BCUT2D eigenvalue weighted by atomic mass is 79.9. The van der Waals surface area contributed by atoms with Crippen molar-refractivity contribution in [2.75, 3.05) is 6.54 Å². The van der Waals surface area contributed by atoms with Gasteiger partial charge in [-0.3, -0.25) is 19.4 Å². The molecule has 1 heterocycles. The van der Waals surface area contributed by atoms with Crippen LogP contribution in [0, 0.1) is 11.7 Å². The third-order valence-electron chi connectivity index (χ3n) is 3.02. The normalized spacial score (nSPS) is 15.6. The predicted molar refractivity (Wildman–Crippen MR) is 76.6 cm³/mol. The number of imide groups is 2. The van der Waals surface area contributed by atoms with Gasteiger partial charge in [0.05, 0.1) is 6.54 Å². The van der Waals surface area contributed by atoms with E-state index in [1.165, 1.54) is 18.2 Å². The second-order valence-electron chi connectivity index (χ2n) is 5.22. The topological polar surface area (TPSA) is 57.7 Å². The molecule has 0 aliphatic carbocycles. The van der Waals surface area contributed by atoms with Crippen molar-refractivity contribution in [1.82, 2.24) is 9.80 Å². The summed E-state index contributed by atoms with van der Waals surface area (Å²) in [5.74, 6) is -2.26. The van der Waals surface area contributed by atoms with Crippen LogP contribution in [0.1, 0.15) is 19.4 Å². The van der Waals surface area contributed by atoms with Crippen LogP contribution in [-0.4, -0.2) is 34.2 Å². The first-order valence-corrected chi connectivity index (χ1v) is 7.21. The minimum absolute atomic E-state index is 0.0493. The highest BCUT2D eigenvalue weighted by molar-refractivity contribution is 9.10. The van der Waals surface area contributed by atoms with Crippen molar-refractivity contribution in [2.24, 2.45) is 5.92 Å². The van der Waals surface area contributed by atoms with Gasteiger partial charge in [-0.15, -0.1) is 0 Å². The molecule has 0 unspecified atom stereocenters. The van der Waals surface area contributed by atoms with Gasteiger partial charge in [0.15, 0.2) is 0 Å². The quantitative estimate of drug-likeness (QED) is 0.615. The zero-order valence-electron chi connectivity index (χ0n) is 11.6. The minimum Gasteiger partial charge on any atom is -0.263 e. The Morgan fingerprint density at radius 1 is 1.14 bits per heavy atom. The number of carbonyl (C=O) groups is 3. The Morgan fingerprint density at radius 2 is 1.76 bits per heavy atom. The van der Waals surface area contributed by atoms with Crippen LogP contribution in [0.5, 0.6) is 0 Å². The van der Waals surface area contributed by atoms with E-state index in [1.54, 1.807) is 0 Å². The third kappa shape index (κ3) is 3.12. The van der Waals surface area contributed by atoms with E-state index >= 15 is 0 Å². The van der Waals surface area contributed by atoms with Crippen molar-refractivity contribution in [3.05, 3.63) is 34.1 Å². The second kappa shape index (κ2) is 5.93. The molecule has 4 amide bonds. The molecule has 0 saturated carbocycles. The first-order chi connectivity index (χ1) is 9.81. The van der Waals surface area contributed by atoms with Gasteiger partial charge in [-0.05, 0) is 24.1 Å². The molecule has 1 aromatic rings. The summed E-state index contributed by atoms with van der Waals surface area (Å²) >= 11 is 3.20. The van der Waals surface area contributed by atoms with Crippen LogP contribution in [0.15, 0.2) is 22.7 Å². The van der Waals surface area contributed by atoms with Crippen molar-refractivity contribution < 1.29 is 18.8 Å². The molecule has 0 aromatic heterocycles. The summed E-state index contributed by atoms with van der Waals surface area (Å²) in [6, 6.07) is 3.53. The SMILES string of the molecule is CC(C)CN1C(=O)C(=O)N(Cc2cc(Br)ccc2F)C1=O. The summed E-state index contributed by atoms with van der Waals surface area (Å²) in [4.78, 5) is 37.5. The molecule has 7 heteroatoms. The summed E-state index contributed by atoms with van der Waals surface area (Å²) in [5.41, 5.74) is 0.172. The van der Waals surface area contributed by atoms with E-state index < -0.39 is 23.7 Å². The number of halogens is 2. The van der Waals surface area contributed by atoms with Gasteiger partial charge in [-0.25, -0.2) is 9.18 Å². The Morgan fingerprint density at radius 3 is 2.38 bits per heavy atom. The summed E-state index contributed by atoms with van der Waals surface area (Å²) in [5, 5.41) is 0. The summed E-state index contributed by atoms with van der Waals surface area (Å²) in [7, 11) is 0. The molecule has 0 N–H and O–H groups in total. The van der Waals surface area contributed by atoms with Crippen molar-refractivity contribution >= 4 is 33.8 Å². The van der Waals surface area contributed by atoms with Gasteiger partial charge < -0.3 is 0 Å². The third-order valence-corrected chi connectivity index (χ3v) is 3.51. The molecule has 0 bridgehead atoms. The number of nitrogens with zero attached hydrogens (tertiary/aromatic N) is 2. The fourth-order valence-corrected chi connectivity index (χ4v) is 2.46. The number of carbonyl (C=O) groups excluding carboxylic acids is 3. The van der Waals surface area contributed by atoms with Crippen molar-refractivity contribution in [1.29, 1.82) is 0 Å². The fourth-order valence-electron chi connectivity index (χ4n) is 2.05. The number of urea groups is 1. The zero-order chi connectivity index (χ0) is 15.7. The standard InChI is InChI=1S/C14H14BrFN2O3/c1-8(2)6-17-12(19)13(20)18(14(17)21)7-9-5-10(15)3-4-11(9)16/h3-5,8H,6-7H2,1-2H3. The maximum Gasteiger partial charge on any atom is 0.334 e. The maximum atomic E-state index is 13.7. The zero-order valence-corrected chi connectivity index (χ0v) is 13.2. The lowest BCUT2D eigenvalue weighted by atomic mass is 10.2. The molecule has 112 valence electrons. The highest BCUT2D eigenvalue weighted by Gasteiger charge is 2.44. The maximum absolute atomic E-state index is 13.7. The first kappa shape index (κ1) is 15.6. The van der Waals surface area contributed by atoms with Crippen LogP contribution in [0.3, 0.4) is 0 Å². The van der Waals surface area contributed by atoms with E-state index in [0.717, 1.165) is 9.80 Å². The Kier molecular flexibility index (Phi) is 4.41. The van der Waals surface area contributed by atoms with E-state index in [1.807, 2.05) is 13.8 Å². The van der Waals surface area contributed by atoms with E-state index in [-0.39, 0.29) is 24.6 Å². The largest absolute Gasteiger partial charge is 0.334 e. The number of amides is 4. The molecule has 0 spiro atoms. The van der Waals surface area contributed by atoms with Gasteiger partial charge in [-0.2, -0.15) is 0 Å². The molecule has 1 aliphatic rings. The molecule has 1 saturated heterocycles. The summed E-state index contributed by atoms with van der Waals surface area (Å²) < 4.78 is 14.3. The monoisotopic (exact) mass is 356 g/mol. The average molecular weight is 357 g/mol. The Bertz CT molecular complexity index is 618. The molecule has 21 heavy (non-hydrogen) atoms. The van der Waals surface area contributed by atoms with Crippen LogP contribution < -0.4 is 0 Å². The van der Waals surface area contributed by atoms with Crippen LogP contribution in [0.25, 0.3) is 0 Å². The summed E-state index contributed by atoms with van der Waals surface area (Å²) in [6.45, 7) is 3.58. The average Bonchev–Trinajstić information content (AvgIpc) is 2.60. The molecular weight excluding hydrogens is 343 g/mol. The lowest BCUT2D eigenvalue weighted by molar-refractivity contribution is -0.143. The molecular formula is C14H14BrFN2O3. The van der Waals surface area contributed by atoms with Gasteiger partial charge in [-0.1, -0.05) is 29.8 Å². The molecule has 0 atom stereocenters. The van der Waals surface area contributed by atoms with Gasteiger partial charge in [0.2, 0.25) is 0 Å². The number of rotatable bonds is 4. The Balaban J connectivity index is 2.24. The minimum atomic E-state index is -0.917. The van der Waals surface area contributed by atoms with Gasteiger partial charge in [0, 0.05) is 16.6 Å². The van der Waals surface area contributed by atoms with Gasteiger partial charge in [0.1, 0.15) is 5.82 Å². The number of benzene rings is 1. The van der Waals surface area contributed by atoms with Crippen LogP contribution in [0.2, 0.25) is 0 Å². The molecule has 1 aliphatic heterocycles. The fraction of sp³-hybridized carbons (Fsp3) is 0.357. The molecule has 1 fully saturated rings. The Hall–Kier alpha value is -1.76. The predicted octanol–water partition coefficient (Wildman–Crippen LogP) is 2.54. The molecule has 5 nitrogen and oxygen atoms in total. The van der Waals surface area contributed by atoms with Crippen LogP contribution >= 0.6 is 15.9 Å². The lowest BCUT2D eigenvalue weighted by Crippen LogP contribution is -2.35. The Labute approximate surface area is 129 Å². The van der Waals surface area contributed by atoms with E-state index in [0.29, 0.717) is 4.47 Å². The summed E-state index contributed by atoms with van der Waals surface area (Å²) in [6.07, 6.45) is 0. The lowest BCUT2D eigenvalue weighted by Gasteiger charge is -2.17.